The van der Waals surface area contributed by atoms with E-state index in [1.807, 2.05) is 0 Å². The number of hydrogen-bond acceptors (Lipinski definition) is 1. The van der Waals surface area contributed by atoms with Gasteiger partial charge >= 0.3 is 0 Å². The summed E-state index contributed by atoms with van der Waals surface area (Å²) in [5.41, 5.74) is 7.76. The van der Waals surface area contributed by atoms with Gasteiger partial charge in [0.05, 0.1) is 6.04 Å². The molecule has 2 atom stereocenters. The predicted octanol–water partition coefficient (Wildman–Crippen LogP) is 0.972. The molecule has 1 fully saturated rings. The minimum Gasteiger partial charge on any atom is -0.377 e. The Labute approximate surface area is 99.2 Å². The summed E-state index contributed by atoms with van der Waals surface area (Å²) in [6.07, 6.45) is 7.89. The fraction of sp³-hybridized carbons (Fsp3) is 0.188. The molecule has 1 heterocycles. The summed E-state index contributed by atoms with van der Waals surface area (Å²) >= 11 is 0. The zero-order valence-electron chi connectivity index (χ0n) is 9.33. The highest BCUT2D eigenvalue weighted by Gasteiger charge is 2.57. The van der Waals surface area contributed by atoms with E-state index in [0.717, 1.165) is 0 Å². The molecule has 3 aliphatic carbocycles. The molecule has 1 nitrogen and oxygen atoms in total. The van der Waals surface area contributed by atoms with Gasteiger partial charge in [0.15, 0.2) is 0 Å². The average Bonchev–Trinajstić information content (AvgIpc) is 2.90. The quantitative estimate of drug-likeness (QED) is 0.639. The second-order valence-corrected chi connectivity index (χ2v) is 5.33. The van der Waals surface area contributed by atoms with E-state index < -0.39 is 0 Å². The molecular formula is C16H11N. The van der Waals surface area contributed by atoms with Crippen molar-refractivity contribution in [2.24, 2.45) is 5.41 Å². The van der Waals surface area contributed by atoms with Crippen LogP contribution in [0.2, 0.25) is 0 Å². The van der Waals surface area contributed by atoms with Crippen molar-refractivity contribution < 1.29 is 0 Å². The first-order valence-electron chi connectivity index (χ1n) is 6.13. The van der Waals surface area contributed by atoms with Crippen molar-refractivity contribution in [3.63, 3.8) is 0 Å². The van der Waals surface area contributed by atoms with Crippen molar-refractivity contribution >= 4 is 11.6 Å². The van der Waals surface area contributed by atoms with Crippen LogP contribution in [0.25, 0.3) is 11.6 Å². The SMILES string of the molecule is C1=CC2=C(C=1)C13C=c4ccccc4=C(C1)C3N2. The van der Waals surface area contributed by atoms with Crippen LogP contribution in [0.15, 0.2) is 53.4 Å². The lowest BCUT2D eigenvalue weighted by molar-refractivity contribution is 0.369. The van der Waals surface area contributed by atoms with E-state index in [-0.39, 0.29) is 5.41 Å². The van der Waals surface area contributed by atoms with Gasteiger partial charge in [-0.25, -0.2) is 0 Å². The maximum atomic E-state index is 3.65. The van der Waals surface area contributed by atoms with Gasteiger partial charge in [0, 0.05) is 17.2 Å². The lowest BCUT2D eigenvalue weighted by atomic mass is 9.56. The summed E-state index contributed by atoms with van der Waals surface area (Å²) in [4.78, 5) is 0. The van der Waals surface area contributed by atoms with Gasteiger partial charge in [-0.05, 0) is 34.1 Å². The Bertz CT molecular complexity index is 787. The van der Waals surface area contributed by atoms with Crippen molar-refractivity contribution in [2.75, 3.05) is 0 Å². The molecule has 1 aromatic carbocycles. The molecule has 0 aromatic heterocycles. The first kappa shape index (κ1) is 8.16. The molecule has 0 amide bonds. The van der Waals surface area contributed by atoms with Crippen LogP contribution in [0.4, 0.5) is 0 Å². The van der Waals surface area contributed by atoms with E-state index in [1.54, 1.807) is 5.57 Å². The van der Waals surface area contributed by atoms with Gasteiger partial charge in [-0.1, -0.05) is 30.3 Å². The second kappa shape index (κ2) is 2.32. The van der Waals surface area contributed by atoms with Gasteiger partial charge in [0.25, 0.3) is 0 Å². The third-order valence-electron chi connectivity index (χ3n) is 4.61. The first-order chi connectivity index (χ1) is 8.38. The molecule has 2 bridgehead atoms. The Kier molecular flexibility index (Phi) is 1.11. The monoisotopic (exact) mass is 217 g/mol. The van der Waals surface area contributed by atoms with Crippen LogP contribution in [-0.4, -0.2) is 6.04 Å². The smallest absolute Gasteiger partial charge is 0.0619 e. The lowest BCUT2D eigenvalue weighted by Gasteiger charge is -2.48. The largest absolute Gasteiger partial charge is 0.377 e. The molecule has 0 saturated heterocycles. The molecule has 4 aliphatic rings. The maximum absolute atomic E-state index is 3.65. The molecule has 1 aliphatic heterocycles. The molecule has 2 unspecified atom stereocenters. The van der Waals surface area contributed by atoms with E-state index in [1.165, 1.54) is 28.1 Å². The van der Waals surface area contributed by atoms with Gasteiger partial charge < -0.3 is 5.32 Å². The summed E-state index contributed by atoms with van der Waals surface area (Å²) in [6.45, 7) is 0. The number of benzene rings is 1. The Balaban J connectivity index is 1.89. The second-order valence-electron chi connectivity index (χ2n) is 5.33. The molecule has 5 rings (SSSR count). The topological polar surface area (TPSA) is 12.0 Å². The Hall–Kier alpha value is -1.98. The van der Waals surface area contributed by atoms with Crippen LogP contribution >= 0.6 is 0 Å². The molecule has 17 heavy (non-hydrogen) atoms. The summed E-state index contributed by atoms with van der Waals surface area (Å²) in [7, 11) is 0. The minimum atomic E-state index is 0.235. The van der Waals surface area contributed by atoms with E-state index in [9.17, 15) is 0 Å². The number of hydrogen-bond donors (Lipinski definition) is 1. The van der Waals surface area contributed by atoms with Gasteiger partial charge in [-0.2, -0.15) is 0 Å². The van der Waals surface area contributed by atoms with Crippen LogP contribution in [0.5, 0.6) is 0 Å². The summed E-state index contributed by atoms with van der Waals surface area (Å²) in [5, 5.41) is 6.50. The van der Waals surface area contributed by atoms with Crippen LogP contribution in [0.1, 0.15) is 6.42 Å². The van der Waals surface area contributed by atoms with Crippen molar-refractivity contribution in [1.29, 1.82) is 0 Å². The number of allylic oxidation sites excluding steroid dienone is 1. The van der Waals surface area contributed by atoms with Gasteiger partial charge in [-0.15, -0.1) is 5.73 Å². The molecule has 1 N–H and O–H groups in total. The van der Waals surface area contributed by atoms with Crippen molar-refractivity contribution in [1.82, 2.24) is 5.32 Å². The van der Waals surface area contributed by atoms with E-state index in [4.69, 9.17) is 0 Å². The molecule has 1 heteroatoms. The summed E-state index contributed by atoms with van der Waals surface area (Å²) in [6, 6.07) is 9.27. The zero-order valence-corrected chi connectivity index (χ0v) is 9.33. The average molecular weight is 217 g/mol. The molecule has 1 aromatic rings. The van der Waals surface area contributed by atoms with Crippen molar-refractivity contribution in [3.8, 4) is 0 Å². The van der Waals surface area contributed by atoms with Crippen LogP contribution < -0.4 is 15.8 Å². The summed E-state index contributed by atoms with van der Waals surface area (Å²) in [5.74, 6) is 0. The normalized spacial score (nSPS) is 33.6. The van der Waals surface area contributed by atoms with E-state index >= 15 is 0 Å². The minimum absolute atomic E-state index is 0.235. The molecule has 1 spiro atoms. The van der Waals surface area contributed by atoms with Crippen molar-refractivity contribution in [3.05, 3.63) is 63.9 Å². The summed E-state index contributed by atoms with van der Waals surface area (Å²) < 4.78 is 0. The molecule has 1 saturated carbocycles. The predicted molar refractivity (Wildman–Crippen MR) is 67.2 cm³/mol. The highest BCUT2D eigenvalue weighted by molar-refractivity contribution is 5.80. The maximum Gasteiger partial charge on any atom is 0.0619 e. The van der Waals surface area contributed by atoms with Gasteiger partial charge in [0.2, 0.25) is 0 Å². The zero-order chi connectivity index (χ0) is 11.0. The molecule has 80 valence electrons. The van der Waals surface area contributed by atoms with Crippen LogP contribution in [0, 0.1) is 5.41 Å². The first-order valence-corrected chi connectivity index (χ1v) is 6.13. The van der Waals surface area contributed by atoms with Crippen molar-refractivity contribution in [2.45, 2.75) is 12.5 Å². The Morgan fingerprint density at radius 2 is 2.18 bits per heavy atom. The fourth-order valence-corrected chi connectivity index (χ4v) is 3.85. The lowest BCUT2D eigenvalue weighted by Crippen LogP contribution is -2.57. The Morgan fingerprint density at radius 3 is 3.18 bits per heavy atom. The number of nitrogens with one attached hydrogen (secondary N) is 1. The highest BCUT2D eigenvalue weighted by Crippen LogP contribution is 2.58. The Morgan fingerprint density at radius 1 is 1.24 bits per heavy atom. The standard InChI is InChI=1S/C16H11N/c1-2-5-11-10(4-1)8-16-9-12(11)15(16)17-14-7-3-6-13(14)16/h1-2,4-8,15,17H,9H2. The van der Waals surface area contributed by atoms with Gasteiger partial charge in [-0.3, -0.25) is 0 Å². The van der Waals surface area contributed by atoms with E-state index in [0.29, 0.717) is 6.04 Å². The molecular weight excluding hydrogens is 206 g/mol. The highest BCUT2D eigenvalue weighted by atomic mass is 15.0. The number of fused-ring (bicyclic) bond motifs is 3. The third kappa shape index (κ3) is 0.721. The fourth-order valence-electron chi connectivity index (χ4n) is 3.85. The van der Waals surface area contributed by atoms with E-state index in [2.05, 4.69) is 53.5 Å². The van der Waals surface area contributed by atoms with Gasteiger partial charge in [0.1, 0.15) is 0 Å². The number of rotatable bonds is 0. The van der Waals surface area contributed by atoms with Crippen LogP contribution in [-0.2, 0) is 0 Å². The molecule has 0 radical (unpaired) electrons. The third-order valence-corrected chi connectivity index (χ3v) is 4.61. The van der Waals surface area contributed by atoms with Crippen LogP contribution in [0.3, 0.4) is 0 Å².